The second-order valence-electron chi connectivity index (χ2n) is 16.4. The van der Waals surface area contributed by atoms with E-state index in [0.29, 0.717) is 0 Å². The lowest BCUT2D eigenvalue weighted by molar-refractivity contribution is 0.301. The van der Waals surface area contributed by atoms with Gasteiger partial charge in [-0.15, -0.1) is 5.10 Å². The van der Waals surface area contributed by atoms with Crippen LogP contribution in [0.15, 0.2) is 24.3 Å². The van der Waals surface area contributed by atoms with Crippen molar-refractivity contribution in [3.63, 3.8) is 0 Å². The maximum atomic E-state index is 4.54. The second-order valence-corrected chi connectivity index (χ2v) is 16.4. The summed E-state index contributed by atoms with van der Waals surface area (Å²) < 4.78 is 2.05. The van der Waals surface area contributed by atoms with Gasteiger partial charge in [-0.25, -0.2) is 4.68 Å². The van der Waals surface area contributed by atoms with E-state index in [9.17, 15) is 0 Å². The molecule has 0 amide bonds. The van der Waals surface area contributed by atoms with E-state index in [0.717, 1.165) is 24.1 Å². The predicted molar refractivity (Wildman–Crippen MR) is 230 cm³/mol. The number of nitrogens with one attached hydrogen (secondary N) is 2. The van der Waals surface area contributed by atoms with Gasteiger partial charge in [0.25, 0.3) is 0 Å². The first-order valence-corrected chi connectivity index (χ1v) is 23.6. The molecule has 5 heteroatoms. The number of unbranched alkanes of at least 4 members (excludes halogenated alkanes) is 34. The van der Waals surface area contributed by atoms with Gasteiger partial charge in [-0.3, -0.25) is 10.6 Å². The minimum absolute atomic E-state index is 0.00369. The molecule has 1 aromatic heterocycles. The largest absolute Gasteiger partial charge is 0.283 e. The highest BCUT2D eigenvalue weighted by atomic mass is 15.5. The molecule has 2 N–H and O–H groups in total. The van der Waals surface area contributed by atoms with E-state index in [2.05, 4.69) is 57.7 Å². The highest BCUT2D eigenvalue weighted by Crippen LogP contribution is 2.17. The van der Waals surface area contributed by atoms with E-state index in [-0.39, 0.29) is 6.29 Å². The molecule has 0 fully saturated rings. The van der Waals surface area contributed by atoms with Crippen molar-refractivity contribution in [2.45, 2.75) is 251 Å². The summed E-state index contributed by atoms with van der Waals surface area (Å²) in [4.78, 5) is 0. The third-order valence-electron chi connectivity index (χ3n) is 11.4. The SMILES string of the molecule is CCCCCCCCCCCCCCCCCCCCNC(NCCCCCCCCCCCCCCCCCCCC)n1nnc2ccccc21. The number of fused-ring (bicyclic) bond motifs is 1. The Morgan fingerprint density at radius 1 is 0.404 bits per heavy atom. The van der Waals surface area contributed by atoms with Gasteiger partial charge in [0, 0.05) is 0 Å². The van der Waals surface area contributed by atoms with Gasteiger partial charge >= 0.3 is 0 Å². The molecule has 0 bridgehead atoms. The third-order valence-corrected chi connectivity index (χ3v) is 11.4. The molecule has 0 aliphatic rings. The van der Waals surface area contributed by atoms with Crippen LogP contribution in [0.1, 0.15) is 251 Å². The molecule has 0 spiro atoms. The minimum atomic E-state index is 0.00369. The van der Waals surface area contributed by atoms with Crippen molar-refractivity contribution in [2.24, 2.45) is 0 Å². The van der Waals surface area contributed by atoms with Gasteiger partial charge < -0.3 is 0 Å². The molecule has 0 aliphatic heterocycles. The number of aromatic nitrogens is 3. The van der Waals surface area contributed by atoms with E-state index in [1.807, 2.05) is 6.07 Å². The van der Waals surface area contributed by atoms with E-state index < -0.39 is 0 Å². The van der Waals surface area contributed by atoms with Gasteiger partial charge in [0.2, 0.25) is 0 Å². The molecule has 2 rings (SSSR count). The molecule has 5 nitrogen and oxygen atoms in total. The summed E-state index contributed by atoms with van der Waals surface area (Å²) in [5.41, 5.74) is 2.07. The van der Waals surface area contributed by atoms with Crippen LogP contribution < -0.4 is 10.6 Å². The lowest BCUT2D eigenvalue weighted by atomic mass is 10.0. The summed E-state index contributed by atoms with van der Waals surface area (Å²) in [6, 6.07) is 8.34. The van der Waals surface area contributed by atoms with Crippen molar-refractivity contribution in [2.75, 3.05) is 13.1 Å². The number of rotatable bonds is 41. The number of para-hydroxylation sites is 1. The summed E-state index contributed by atoms with van der Waals surface area (Å²) >= 11 is 0. The van der Waals surface area contributed by atoms with Gasteiger partial charge in [0.15, 0.2) is 6.29 Å². The molecule has 0 atom stereocenters. The molecule has 1 aromatic carbocycles. The molecular weight excluding hydrogens is 635 g/mol. The highest BCUT2D eigenvalue weighted by molar-refractivity contribution is 5.73. The monoisotopic (exact) mass is 724 g/mol. The first-order chi connectivity index (χ1) is 25.9. The van der Waals surface area contributed by atoms with Crippen molar-refractivity contribution in [3.05, 3.63) is 24.3 Å². The lowest BCUT2D eigenvalue weighted by Gasteiger charge is -2.21. The van der Waals surface area contributed by atoms with Crippen molar-refractivity contribution in [1.29, 1.82) is 0 Å². The summed E-state index contributed by atoms with van der Waals surface area (Å²) in [6.45, 7) is 6.64. The molecule has 2 aromatic rings. The van der Waals surface area contributed by atoms with Crippen LogP contribution in [0.5, 0.6) is 0 Å². The summed E-state index contributed by atoms with van der Waals surface area (Å²) in [6.07, 6.45) is 51.0. The average molecular weight is 724 g/mol. The lowest BCUT2D eigenvalue weighted by Crippen LogP contribution is -2.40. The molecule has 302 valence electrons. The Labute approximate surface area is 324 Å². The molecule has 0 saturated heterocycles. The molecule has 0 radical (unpaired) electrons. The maximum absolute atomic E-state index is 4.54. The van der Waals surface area contributed by atoms with Crippen LogP contribution in [0.4, 0.5) is 0 Å². The highest BCUT2D eigenvalue weighted by Gasteiger charge is 2.14. The number of nitrogens with zero attached hydrogens (tertiary/aromatic N) is 3. The molecular formula is C47H89N5. The van der Waals surface area contributed by atoms with Crippen LogP contribution in [0.25, 0.3) is 11.0 Å². The minimum Gasteiger partial charge on any atom is -0.283 e. The zero-order chi connectivity index (χ0) is 36.8. The van der Waals surface area contributed by atoms with Crippen LogP contribution >= 0.6 is 0 Å². The van der Waals surface area contributed by atoms with Gasteiger partial charge in [-0.1, -0.05) is 250 Å². The fourth-order valence-corrected chi connectivity index (χ4v) is 7.85. The van der Waals surface area contributed by atoms with E-state index >= 15 is 0 Å². The first kappa shape index (κ1) is 46.7. The summed E-state index contributed by atoms with van der Waals surface area (Å²) in [7, 11) is 0. The molecule has 0 saturated carbocycles. The smallest absolute Gasteiger partial charge is 0.157 e. The van der Waals surface area contributed by atoms with Crippen molar-refractivity contribution >= 4 is 11.0 Å². The van der Waals surface area contributed by atoms with Crippen LogP contribution in [-0.2, 0) is 0 Å². The summed E-state index contributed by atoms with van der Waals surface area (Å²) in [5, 5.41) is 16.5. The number of hydrogen-bond acceptors (Lipinski definition) is 4. The van der Waals surface area contributed by atoms with Crippen LogP contribution in [0.2, 0.25) is 0 Å². The molecule has 1 heterocycles. The Balaban J connectivity index is 1.44. The fourth-order valence-electron chi connectivity index (χ4n) is 7.85. The maximum Gasteiger partial charge on any atom is 0.157 e. The van der Waals surface area contributed by atoms with Crippen molar-refractivity contribution in [1.82, 2.24) is 25.6 Å². The van der Waals surface area contributed by atoms with Gasteiger partial charge in [-0.2, -0.15) is 0 Å². The molecule has 0 unspecified atom stereocenters. The van der Waals surface area contributed by atoms with E-state index in [1.54, 1.807) is 0 Å². The Morgan fingerprint density at radius 3 is 1.02 bits per heavy atom. The molecule has 52 heavy (non-hydrogen) atoms. The Bertz CT molecular complexity index is 947. The Morgan fingerprint density at radius 2 is 0.692 bits per heavy atom. The van der Waals surface area contributed by atoms with E-state index in [4.69, 9.17) is 0 Å². The zero-order valence-corrected chi connectivity index (χ0v) is 35.1. The quantitative estimate of drug-likeness (QED) is 0.0530. The number of hydrogen-bond donors (Lipinski definition) is 2. The Hall–Kier alpha value is -1.46. The fraction of sp³-hybridized carbons (Fsp3) is 0.872. The van der Waals surface area contributed by atoms with Crippen molar-refractivity contribution in [3.8, 4) is 0 Å². The average Bonchev–Trinajstić information content (AvgIpc) is 3.60. The zero-order valence-electron chi connectivity index (χ0n) is 35.1. The standard InChI is InChI=1S/C47H89N5/c1-3-5-7-9-11-13-15-17-19-21-23-25-27-29-31-33-35-39-43-48-47(52-46-42-38-37-41-45(46)50-51-52)49-44-40-36-34-32-30-28-26-24-22-20-18-16-14-12-10-8-6-4-2/h37-38,41-42,47-49H,3-36,39-40,43-44H2,1-2H3. The third kappa shape index (κ3) is 26.3. The Kier molecular flexibility index (Phi) is 32.8. The van der Waals surface area contributed by atoms with E-state index in [1.165, 1.54) is 231 Å². The van der Waals surface area contributed by atoms with Gasteiger partial charge in [0.05, 0.1) is 5.52 Å². The molecule has 0 aliphatic carbocycles. The van der Waals surface area contributed by atoms with Gasteiger partial charge in [0.1, 0.15) is 5.52 Å². The predicted octanol–water partition coefficient (Wildman–Crippen LogP) is 15.1. The summed E-state index contributed by atoms with van der Waals surface area (Å²) in [5.74, 6) is 0. The van der Waals surface area contributed by atoms with Crippen LogP contribution in [0, 0.1) is 0 Å². The van der Waals surface area contributed by atoms with Gasteiger partial charge in [-0.05, 0) is 38.1 Å². The first-order valence-electron chi connectivity index (χ1n) is 23.6. The topological polar surface area (TPSA) is 54.8 Å². The second kappa shape index (κ2) is 36.5. The van der Waals surface area contributed by atoms with Crippen molar-refractivity contribution < 1.29 is 0 Å². The normalized spacial score (nSPS) is 11.8. The number of benzene rings is 1. The van der Waals surface area contributed by atoms with Crippen LogP contribution in [0.3, 0.4) is 0 Å². The van der Waals surface area contributed by atoms with Crippen LogP contribution in [-0.4, -0.2) is 28.1 Å².